The number of halogens is 1. The van der Waals surface area contributed by atoms with Crippen molar-refractivity contribution in [1.29, 1.82) is 0 Å². The minimum Gasteiger partial charge on any atom is -0.496 e. The zero-order valence-corrected chi connectivity index (χ0v) is 20.9. The van der Waals surface area contributed by atoms with E-state index in [-0.39, 0.29) is 5.91 Å². The Bertz CT molecular complexity index is 1080. The number of anilines is 2. The summed E-state index contributed by atoms with van der Waals surface area (Å²) < 4.78 is 8.35. The second-order valence-electron chi connectivity index (χ2n) is 8.88. The van der Waals surface area contributed by atoms with Gasteiger partial charge in [-0.3, -0.25) is 24.2 Å². The summed E-state index contributed by atoms with van der Waals surface area (Å²) in [6, 6.07) is 6.43. The summed E-state index contributed by atoms with van der Waals surface area (Å²) in [7, 11) is 1.66. The van der Waals surface area contributed by atoms with Gasteiger partial charge in [-0.05, 0) is 59.8 Å². The molecule has 1 amide bonds. The lowest BCUT2D eigenvalue weighted by Gasteiger charge is -2.38. The highest BCUT2D eigenvalue weighted by atomic mass is 79.9. The molecule has 1 aromatic carbocycles. The fraction of sp³-hybridized carbons (Fsp3) is 0.542. The van der Waals surface area contributed by atoms with E-state index < -0.39 is 0 Å². The average molecular weight is 515 g/mol. The van der Waals surface area contributed by atoms with E-state index in [1.165, 1.54) is 19.3 Å². The number of rotatable bonds is 6. The van der Waals surface area contributed by atoms with Gasteiger partial charge in [0.15, 0.2) is 11.5 Å². The van der Waals surface area contributed by atoms with Gasteiger partial charge in [-0.15, -0.1) is 0 Å². The van der Waals surface area contributed by atoms with E-state index in [1.807, 2.05) is 25.1 Å². The maximum absolute atomic E-state index is 13.7. The van der Waals surface area contributed by atoms with Crippen LogP contribution in [0.4, 0.5) is 11.8 Å². The Hall–Kier alpha value is -2.55. The highest BCUT2D eigenvalue weighted by Gasteiger charge is 2.40. The molecule has 0 bridgehead atoms. The maximum atomic E-state index is 13.7. The van der Waals surface area contributed by atoms with Crippen molar-refractivity contribution in [3.8, 4) is 5.75 Å². The van der Waals surface area contributed by atoms with Gasteiger partial charge < -0.3 is 10.1 Å². The number of hydrogen-bond donors (Lipinski definition) is 1. The Balaban J connectivity index is 1.59. The van der Waals surface area contributed by atoms with Gasteiger partial charge in [0.25, 0.3) is 5.91 Å². The highest BCUT2D eigenvalue weighted by Crippen LogP contribution is 2.35. The standard InChI is InChI=1S/C24H31BrN6O2/c1-3-29-22(32)20-21(30-13-7-12-26-24(29)30)28-23(27-17-8-5-4-6-9-17)31(20)15-16-10-11-19(33-2)18(25)14-16/h10-11,14,17H,3-9,12-13,15H2,1-2H3,(H,27,28). The number of ether oxygens (including phenoxy) is 1. The normalized spacial score (nSPS) is 18.6. The Kier molecular flexibility index (Phi) is 6.32. The Morgan fingerprint density at radius 1 is 1.21 bits per heavy atom. The first-order chi connectivity index (χ1) is 16.1. The van der Waals surface area contributed by atoms with Crippen molar-refractivity contribution in [3.63, 3.8) is 0 Å². The third-order valence-corrected chi connectivity index (χ3v) is 7.36. The monoisotopic (exact) mass is 514 g/mol. The molecule has 5 rings (SSSR count). The molecule has 1 fully saturated rings. The van der Waals surface area contributed by atoms with Gasteiger partial charge in [0, 0.05) is 25.7 Å². The van der Waals surface area contributed by atoms with Crippen LogP contribution < -0.4 is 15.0 Å². The topological polar surface area (TPSA) is 75.0 Å². The molecule has 2 aromatic rings. The number of guanidine groups is 1. The van der Waals surface area contributed by atoms with E-state index in [0.29, 0.717) is 24.8 Å². The SMILES string of the molecule is CCN1C(=O)c2c(nc(NC3CCCCC3)n2Cc2ccc(OC)c(Br)c2)N2CCCN=C12. The summed E-state index contributed by atoms with van der Waals surface area (Å²) in [6.45, 7) is 4.70. The Labute approximate surface area is 203 Å². The zero-order valence-electron chi connectivity index (χ0n) is 19.3. The molecular weight excluding hydrogens is 484 g/mol. The fourth-order valence-corrected chi connectivity index (χ4v) is 5.64. The number of carbonyl (C=O) groups is 1. The number of fused-ring (bicyclic) bond motifs is 3. The van der Waals surface area contributed by atoms with Crippen molar-refractivity contribution in [1.82, 2.24) is 14.5 Å². The first kappa shape index (κ1) is 22.3. The number of aromatic nitrogens is 2. The summed E-state index contributed by atoms with van der Waals surface area (Å²) in [5.74, 6) is 3.00. The van der Waals surface area contributed by atoms with Crippen LogP contribution in [-0.4, -0.2) is 59.1 Å². The predicted octanol–water partition coefficient (Wildman–Crippen LogP) is 4.49. The number of methoxy groups -OCH3 is 1. The Morgan fingerprint density at radius 3 is 2.76 bits per heavy atom. The number of nitrogens with zero attached hydrogens (tertiary/aromatic N) is 5. The van der Waals surface area contributed by atoms with Crippen LogP contribution >= 0.6 is 15.9 Å². The third-order valence-electron chi connectivity index (χ3n) is 6.74. The van der Waals surface area contributed by atoms with Gasteiger partial charge in [0.05, 0.1) is 18.1 Å². The van der Waals surface area contributed by atoms with E-state index in [0.717, 1.165) is 65.9 Å². The molecular formula is C24H31BrN6O2. The Morgan fingerprint density at radius 2 is 2.03 bits per heavy atom. The molecule has 1 aromatic heterocycles. The highest BCUT2D eigenvalue weighted by molar-refractivity contribution is 9.10. The molecule has 2 aliphatic heterocycles. The zero-order chi connectivity index (χ0) is 22.9. The lowest BCUT2D eigenvalue weighted by Crippen LogP contribution is -2.54. The summed E-state index contributed by atoms with van der Waals surface area (Å²) in [5, 5.41) is 3.69. The van der Waals surface area contributed by atoms with Gasteiger partial charge in [-0.1, -0.05) is 25.3 Å². The number of nitrogens with one attached hydrogen (secondary N) is 1. The summed E-state index contributed by atoms with van der Waals surface area (Å²) in [4.78, 5) is 27.3. The van der Waals surface area contributed by atoms with Crippen LogP contribution in [0.2, 0.25) is 0 Å². The lowest BCUT2D eigenvalue weighted by molar-refractivity contribution is 0.0834. The van der Waals surface area contributed by atoms with Crippen molar-refractivity contribution < 1.29 is 9.53 Å². The van der Waals surface area contributed by atoms with Crippen molar-refractivity contribution in [2.45, 2.75) is 58.0 Å². The second-order valence-corrected chi connectivity index (χ2v) is 9.73. The number of hydrogen-bond acceptors (Lipinski definition) is 6. The van der Waals surface area contributed by atoms with Gasteiger partial charge >= 0.3 is 0 Å². The largest absolute Gasteiger partial charge is 0.496 e. The number of imidazole rings is 1. The molecule has 8 nitrogen and oxygen atoms in total. The van der Waals surface area contributed by atoms with Crippen LogP contribution in [0.1, 0.15) is 61.5 Å². The van der Waals surface area contributed by atoms with Crippen molar-refractivity contribution in [3.05, 3.63) is 33.9 Å². The smallest absolute Gasteiger partial charge is 0.281 e. The van der Waals surface area contributed by atoms with E-state index in [9.17, 15) is 4.79 Å². The van der Waals surface area contributed by atoms with E-state index in [1.54, 1.807) is 12.0 Å². The molecule has 1 N–H and O–H groups in total. The first-order valence-corrected chi connectivity index (χ1v) is 12.7. The number of aliphatic imine (C=N–C) groups is 1. The summed E-state index contributed by atoms with van der Waals surface area (Å²) in [6.07, 6.45) is 6.98. The van der Waals surface area contributed by atoms with Crippen LogP contribution in [0.3, 0.4) is 0 Å². The van der Waals surface area contributed by atoms with Gasteiger partial charge in [-0.25, -0.2) is 0 Å². The molecule has 0 radical (unpaired) electrons. The van der Waals surface area contributed by atoms with Gasteiger partial charge in [0.2, 0.25) is 11.9 Å². The molecule has 3 heterocycles. The van der Waals surface area contributed by atoms with E-state index in [4.69, 9.17) is 9.72 Å². The number of benzene rings is 1. The number of amides is 1. The van der Waals surface area contributed by atoms with Gasteiger partial charge in [0.1, 0.15) is 5.75 Å². The molecule has 33 heavy (non-hydrogen) atoms. The van der Waals surface area contributed by atoms with Crippen molar-refractivity contribution in [2.24, 2.45) is 4.99 Å². The number of carbonyl (C=O) groups excluding carboxylic acids is 1. The third kappa shape index (κ3) is 4.11. The minimum atomic E-state index is -0.0267. The predicted molar refractivity (Wildman–Crippen MR) is 133 cm³/mol. The fourth-order valence-electron chi connectivity index (χ4n) is 5.05. The van der Waals surface area contributed by atoms with Crippen LogP contribution in [-0.2, 0) is 6.54 Å². The second kappa shape index (κ2) is 9.37. The van der Waals surface area contributed by atoms with Crippen LogP contribution in [0.25, 0.3) is 0 Å². The van der Waals surface area contributed by atoms with Crippen LogP contribution in [0.15, 0.2) is 27.7 Å². The van der Waals surface area contributed by atoms with Gasteiger partial charge in [-0.2, -0.15) is 4.98 Å². The molecule has 3 aliphatic rings. The molecule has 0 atom stereocenters. The maximum Gasteiger partial charge on any atom is 0.281 e. The molecule has 0 saturated heterocycles. The molecule has 0 unspecified atom stereocenters. The molecule has 1 aliphatic carbocycles. The summed E-state index contributed by atoms with van der Waals surface area (Å²) >= 11 is 3.60. The molecule has 9 heteroatoms. The van der Waals surface area contributed by atoms with E-state index >= 15 is 0 Å². The average Bonchev–Trinajstić information content (AvgIpc) is 3.18. The molecule has 1 saturated carbocycles. The van der Waals surface area contributed by atoms with E-state index in [2.05, 4.69) is 35.7 Å². The molecule has 0 spiro atoms. The minimum absolute atomic E-state index is 0.0267. The lowest BCUT2D eigenvalue weighted by atomic mass is 9.96. The van der Waals surface area contributed by atoms with Crippen LogP contribution in [0.5, 0.6) is 5.75 Å². The quantitative estimate of drug-likeness (QED) is 0.614. The van der Waals surface area contributed by atoms with Crippen molar-refractivity contribution in [2.75, 3.05) is 37.0 Å². The first-order valence-electron chi connectivity index (χ1n) is 11.9. The van der Waals surface area contributed by atoms with Crippen molar-refractivity contribution >= 4 is 39.6 Å². The summed E-state index contributed by atoms with van der Waals surface area (Å²) in [5.41, 5.74) is 1.71. The van der Waals surface area contributed by atoms with Crippen LogP contribution in [0, 0.1) is 0 Å². The molecule has 176 valence electrons.